The molecule has 0 bridgehead atoms. The lowest BCUT2D eigenvalue weighted by molar-refractivity contribution is 0.631. The van der Waals surface area contributed by atoms with Gasteiger partial charge in [-0.3, -0.25) is 10.4 Å². The molecule has 0 saturated heterocycles. The van der Waals surface area contributed by atoms with Crippen LogP contribution in [0, 0.1) is 5.82 Å². The molecule has 0 radical (unpaired) electrons. The first kappa shape index (κ1) is 14.9. The Balaban J connectivity index is 1.84. The lowest BCUT2D eigenvalue weighted by Crippen LogP contribution is -2.10. The Hall–Kier alpha value is -3.61. The van der Waals surface area contributed by atoms with Gasteiger partial charge in [0, 0.05) is 35.9 Å². The molecule has 6 nitrogen and oxygen atoms in total. The minimum Gasteiger partial charge on any atom is -0.276 e. The maximum Gasteiger partial charge on any atom is 0.180 e. The predicted octanol–water partition coefficient (Wildman–Crippen LogP) is 3.42. The van der Waals surface area contributed by atoms with Crippen LogP contribution in [0.3, 0.4) is 0 Å². The van der Waals surface area contributed by atoms with E-state index in [0.29, 0.717) is 28.5 Å². The Bertz CT molecular complexity index is 986. The Morgan fingerprint density at radius 2 is 1.80 bits per heavy atom. The van der Waals surface area contributed by atoms with E-state index < -0.39 is 0 Å². The third kappa shape index (κ3) is 3.07. The van der Waals surface area contributed by atoms with Crippen molar-refractivity contribution in [3.63, 3.8) is 0 Å². The van der Waals surface area contributed by atoms with Gasteiger partial charge in [-0.2, -0.15) is 0 Å². The Kier molecular flexibility index (Phi) is 3.88. The second-order valence-electron chi connectivity index (χ2n) is 5.23. The van der Waals surface area contributed by atoms with Gasteiger partial charge < -0.3 is 0 Å². The van der Waals surface area contributed by atoms with Gasteiger partial charge in [-0.25, -0.2) is 24.0 Å². The zero-order valence-electron chi connectivity index (χ0n) is 13.0. The number of pyridine rings is 1. The number of benzene rings is 1. The van der Waals surface area contributed by atoms with Crippen LogP contribution in [0.2, 0.25) is 0 Å². The number of nitrogens with zero attached hydrogens (tertiary/aromatic N) is 5. The monoisotopic (exact) mass is 332 g/mol. The number of rotatable bonds is 4. The number of hydrogen-bond acceptors (Lipinski definition) is 5. The quantitative estimate of drug-likeness (QED) is 0.620. The van der Waals surface area contributed by atoms with Gasteiger partial charge in [0.05, 0.1) is 0 Å². The van der Waals surface area contributed by atoms with Crippen LogP contribution < -0.4 is 5.43 Å². The van der Waals surface area contributed by atoms with Crippen LogP contribution in [0.4, 0.5) is 10.2 Å². The lowest BCUT2D eigenvalue weighted by atomic mass is 10.1. The fourth-order valence-electron chi connectivity index (χ4n) is 2.41. The zero-order chi connectivity index (χ0) is 17.1. The van der Waals surface area contributed by atoms with Crippen LogP contribution in [0.1, 0.15) is 0 Å². The minimum absolute atomic E-state index is 0.342. The summed E-state index contributed by atoms with van der Waals surface area (Å²) in [6.07, 6.45) is 8.22. The molecule has 122 valence electrons. The summed E-state index contributed by atoms with van der Waals surface area (Å²) >= 11 is 0. The molecule has 7 heteroatoms. The van der Waals surface area contributed by atoms with Crippen molar-refractivity contribution in [1.82, 2.24) is 24.6 Å². The molecule has 0 aliphatic carbocycles. The molecule has 0 saturated carbocycles. The normalized spacial score (nSPS) is 10.6. The van der Waals surface area contributed by atoms with Gasteiger partial charge >= 0.3 is 0 Å². The van der Waals surface area contributed by atoms with Gasteiger partial charge in [0.2, 0.25) is 0 Å². The molecular weight excluding hydrogens is 319 g/mol. The van der Waals surface area contributed by atoms with Crippen LogP contribution in [0.5, 0.6) is 0 Å². The number of nitrogens with one attached hydrogen (secondary N) is 1. The van der Waals surface area contributed by atoms with Gasteiger partial charge in [0.25, 0.3) is 0 Å². The summed E-state index contributed by atoms with van der Waals surface area (Å²) in [5.74, 6) is 0.562. The van der Waals surface area contributed by atoms with E-state index in [1.54, 1.807) is 54.0 Å². The average Bonchev–Trinajstić information content (AvgIpc) is 3.16. The van der Waals surface area contributed by atoms with Crippen LogP contribution in [-0.2, 0) is 0 Å². The Labute approximate surface area is 143 Å². The smallest absolute Gasteiger partial charge is 0.180 e. The molecule has 0 amide bonds. The summed E-state index contributed by atoms with van der Waals surface area (Å²) < 4.78 is 15.9. The second-order valence-corrected chi connectivity index (χ2v) is 5.23. The standard InChI is InChI=1S/C18H13FN6/c19-15-6-2-1-5-13(15)14-11-22-18(16-7-3-4-8-21-16)23-17(14)24-25-10-9-20-12-25/h1-12H,(H,22,23,24). The number of halogens is 1. The molecule has 3 heterocycles. The van der Waals surface area contributed by atoms with Crippen molar-refractivity contribution in [2.75, 3.05) is 5.43 Å². The van der Waals surface area contributed by atoms with E-state index in [0.717, 1.165) is 0 Å². The van der Waals surface area contributed by atoms with E-state index >= 15 is 0 Å². The molecule has 1 N–H and O–H groups in total. The molecule has 4 aromatic rings. The first-order chi connectivity index (χ1) is 12.3. The molecule has 0 atom stereocenters. The van der Waals surface area contributed by atoms with E-state index in [1.807, 2.05) is 18.2 Å². The topological polar surface area (TPSA) is 68.5 Å². The summed E-state index contributed by atoms with van der Waals surface area (Å²) in [4.78, 5) is 17.1. The van der Waals surface area contributed by atoms with Crippen LogP contribution in [0.25, 0.3) is 22.6 Å². The summed E-state index contributed by atoms with van der Waals surface area (Å²) in [6.45, 7) is 0. The van der Waals surface area contributed by atoms with Crippen LogP contribution >= 0.6 is 0 Å². The molecular formula is C18H13FN6. The number of hydrogen-bond donors (Lipinski definition) is 1. The molecule has 1 aromatic carbocycles. The highest BCUT2D eigenvalue weighted by Crippen LogP contribution is 2.29. The highest BCUT2D eigenvalue weighted by atomic mass is 19.1. The van der Waals surface area contributed by atoms with Crippen molar-refractivity contribution >= 4 is 5.82 Å². The molecule has 25 heavy (non-hydrogen) atoms. The van der Waals surface area contributed by atoms with E-state index in [2.05, 4.69) is 25.4 Å². The van der Waals surface area contributed by atoms with Crippen LogP contribution in [-0.4, -0.2) is 24.6 Å². The molecule has 0 spiro atoms. The third-order valence-corrected chi connectivity index (χ3v) is 3.59. The largest absolute Gasteiger partial charge is 0.276 e. The third-order valence-electron chi connectivity index (χ3n) is 3.59. The zero-order valence-corrected chi connectivity index (χ0v) is 13.0. The van der Waals surface area contributed by atoms with Gasteiger partial charge in [0.15, 0.2) is 11.6 Å². The predicted molar refractivity (Wildman–Crippen MR) is 91.9 cm³/mol. The number of imidazole rings is 1. The molecule has 0 unspecified atom stereocenters. The minimum atomic E-state index is -0.342. The van der Waals surface area contributed by atoms with Gasteiger partial charge in [-0.05, 0) is 18.2 Å². The van der Waals surface area contributed by atoms with Crippen molar-refractivity contribution in [2.45, 2.75) is 0 Å². The maximum absolute atomic E-state index is 14.2. The lowest BCUT2D eigenvalue weighted by Gasteiger charge is -2.13. The SMILES string of the molecule is Fc1ccccc1-c1cnc(-c2ccccn2)nc1Nn1ccnc1. The first-order valence-electron chi connectivity index (χ1n) is 7.59. The summed E-state index contributed by atoms with van der Waals surface area (Å²) in [5.41, 5.74) is 4.69. The van der Waals surface area contributed by atoms with Crippen molar-refractivity contribution < 1.29 is 4.39 Å². The van der Waals surface area contributed by atoms with Crippen molar-refractivity contribution in [1.29, 1.82) is 0 Å². The maximum atomic E-state index is 14.2. The first-order valence-corrected chi connectivity index (χ1v) is 7.59. The van der Waals surface area contributed by atoms with E-state index in [4.69, 9.17) is 0 Å². The highest BCUT2D eigenvalue weighted by molar-refractivity contribution is 5.76. The number of anilines is 1. The summed E-state index contributed by atoms with van der Waals surface area (Å²) in [6, 6.07) is 12.0. The fourth-order valence-corrected chi connectivity index (χ4v) is 2.41. The summed E-state index contributed by atoms with van der Waals surface area (Å²) in [7, 11) is 0. The van der Waals surface area contributed by atoms with E-state index in [1.165, 1.54) is 6.07 Å². The average molecular weight is 332 g/mol. The molecule has 3 aromatic heterocycles. The molecule has 0 fully saturated rings. The number of aromatic nitrogens is 5. The molecule has 4 rings (SSSR count). The van der Waals surface area contributed by atoms with Gasteiger partial charge in [-0.1, -0.05) is 24.3 Å². The Morgan fingerprint density at radius 3 is 2.56 bits per heavy atom. The van der Waals surface area contributed by atoms with E-state index in [-0.39, 0.29) is 5.82 Å². The summed E-state index contributed by atoms with van der Waals surface area (Å²) in [5, 5.41) is 0. The second kappa shape index (κ2) is 6.48. The van der Waals surface area contributed by atoms with Crippen molar-refractivity contribution in [3.8, 4) is 22.6 Å². The van der Waals surface area contributed by atoms with Crippen LogP contribution in [0.15, 0.2) is 73.6 Å². The van der Waals surface area contributed by atoms with Crippen molar-refractivity contribution in [3.05, 3.63) is 79.4 Å². The highest BCUT2D eigenvalue weighted by Gasteiger charge is 2.14. The molecule has 0 aliphatic heterocycles. The van der Waals surface area contributed by atoms with Crippen molar-refractivity contribution in [2.24, 2.45) is 0 Å². The van der Waals surface area contributed by atoms with Gasteiger partial charge in [0.1, 0.15) is 17.8 Å². The van der Waals surface area contributed by atoms with E-state index in [9.17, 15) is 4.39 Å². The van der Waals surface area contributed by atoms with Gasteiger partial charge in [-0.15, -0.1) is 0 Å². The molecule has 0 aliphatic rings. The Morgan fingerprint density at radius 1 is 0.920 bits per heavy atom. The fraction of sp³-hybridized carbons (Fsp3) is 0.